The number of piperazine rings is 1. The number of hydrogen-bond acceptors (Lipinski definition) is 3. The zero-order valence-electron chi connectivity index (χ0n) is 14.3. The van der Waals surface area contributed by atoms with Gasteiger partial charge in [-0.15, -0.1) is 0 Å². The zero-order valence-corrected chi connectivity index (χ0v) is 14.3. The number of carbonyl (C=O) groups excluding carboxylic acids is 1. The van der Waals surface area contributed by atoms with Crippen LogP contribution in [0.4, 0.5) is 4.79 Å². The third kappa shape index (κ3) is 4.28. The van der Waals surface area contributed by atoms with E-state index >= 15 is 0 Å². The number of hydrogen-bond donors (Lipinski definition) is 1. The molecule has 2 heterocycles. The summed E-state index contributed by atoms with van der Waals surface area (Å²) in [5, 5.41) is 3.27. The summed E-state index contributed by atoms with van der Waals surface area (Å²) >= 11 is 0. The minimum absolute atomic E-state index is 0.119. The first-order valence-corrected chi connectivity index (χ1v) is 8.92. The molecule has 3 atom stereocenters. The van der Waals surface area contributed by atoms with E-state index in [0.29, 0.717) is 12.0 Å². The average Bonchev–Trinajstić information content (AvgIpc) is 3.04. The van der Waals surface area contributed by atoms with Crippen LogP contribution in [-0.4, -0.2) is 48.1 Å². The highest BCUT2D eigenvalue weighted by atomic mass is 16.3. The van der Waals surface area contributed by atoms with Gasteiger partial charge in [0.2, 0.25) is 0 Å². The lowest BCUT2D eigenvalue weighted by atomic mass is 9.80. The van der Waals surface area contributed by atoms with E-state index in [1.54, 1.807) is 6.26 Å². The minimum atomic E-state index is 0.119. The Hall–Kier alpha value is -1.49. The molecule has 1 saturated heterocycles. The van der Waals surface area contributed by atoms with Crippen molar-refractivity contribution >= 4 is 6.03 Å². The Morgan fingerprint density at radius 2 is 2.04 bits per heavy atom. The molecule has 2 amide bonds. The molecule has 23 heavy (non-hydrogen) atoms. The van der Waals surface area contributed by atoms with Gasteiger partial charge in [-0.2, -0.15) is 0 Å². The minimum Gasteiger partial charge on any atom is -0.468 e. The highest BCUT2D eigenvalue weighted by Gasteiger charge is 2.29. The van der Waals surface area contributed by atoms with Crippen molar-refractivity contribution in [1.82, 2.24) is 15.1 Å². The van der Waals surface area contributed by atoms with Crippen LogP contribution in [0.5, 0.6) is 0 Å². The SMILES string of the molecule is CC1CCC(NC(=O)N2CCN(Cc3ccco3)CC2)C(C)C1. The van der Waals surface area contributed by atoms with Gasteiger partial charge >= 0.3 is 6.03 Å². The third-order valence-corrected chi connectivity index (χ3v) is 5.36. The molecule has 0 bridgehead atoms. The van der Waals surface area contributed by atoms with Gasteiger partial charge in [-0.3, -0.25) is 4.90 Å². The molecule has 1 aliphatic carbocycles. The van der Waals surface area contributed by atoms with Crippen LogP contribution in [0.2, 0.25) is 0 Å². The maximum atomic E-state index is 12.5. The lowest BCUT2D eigenvalue weighted by Crippen LogP contribution is -2.54. The molecule has 0 radical (unpaired) electrons. The normalized spacial score (nSPS) is 29.5. The first kappa shape index (κ1) is 16.4. The highest BCUT2D eigenvalue weighted by molar-refractivity contribution is 5.74. The van der Waals surface area contributed by atoms with Crippen LogP contribution in [0.3, 0.4) is 0 Å². The van der Waals surface area contributed by atoms with E-state index in [1.165, 1.54) is 12.8 Å². The molecule has 128 valence electrons. The predicted octanol–water partition coefficient (Wildman–Crippen LogP) is 2.93. The van der Waals surface area contributed by atoms with Gasteiger partial charge in [0.05, 0.1) is 12.8 Å². The quantitative estimate of drug-likeness (QED) is 0.932. The molecule has 3 unspecified atom stereocenters. The largest absolute Gasteiger partial charge is 0.468 e. The van der Waals surface area contributed by atoms with Gasteiger partial charge in [-0.25, -0.2) is 4.79 Å². The lowest BCUT2D eigenvalue weighted by molar-refractivity contribution is 0.123. The molecule has 1 N–H and O–H groups in total. The predicted molar refractivity (Wildman–Crippen MR) is 90.1 cm³/mol. The summed E-state index contributed by atoms with van der Waals surface area (Å²) in [7, 11) is 0. The van der Waals surface area contributed by atoms with Gasteiger partial charge in [0.25, 0.3) is 0 Å². The van der Waals surface area contributed by atoms with Crippen molar-refractivity contribution in [3.8, 4) is 0 Å². The van der Waals surface area contributed by atoms with Gasteiger partial charge < -0.3 is 14.6 Å². The second kappa shape index (κ2) is 7.39. The second-order valence-electron chi connectivity index (χ2n) is 7.29. The molecule has 5 heteroatoms. The maximum absolute atomic E-state index is 12.5. The number of urea groups is 1. The van der Waals surface area contributed by atoms with Gasteiger partial charge in [0, 0.05) is 32.2 Å². The number of amides is 2. The van der Waals surface area contributed by atoms with E-state index in [0.717, 1.165) is 50.8 Å². The van der Waals surface area contributed by atoms with Crippen LogP contribution in [0, 0.1) is 11.8 Å². The zero-order chi connectivity index (χ0) is 16.2. The first-order valence-electron chi connectivity index (χ1n) is 8.92. The Balaban J connectivity index is 1.43. The van der Waals surface area contributed by atoms with Crippen LogP contribution in [-0.2, 0) is 6.54 Å². The number of rotatable bonds is 3. The summed E-state index contributed by atoms with van der Waals surface area (Å²) < 4.78 is 5.40. The molecule has 1 aliphatic heterocycles. The molecule has 1 aromatic heterocycles. The van der Waals surface area contributed by atoms with Crippen molar-refractivity contribution in [2.24, 2.45) is 11.8 Å². The summed E-state index contributed by atoms with van der Waals surface area (Å²) in [6, 6.07) is 4.39. The van der Waals surface area contributed by atoms with Crippen LogP contribution in [0.15, 0.2) is 22.8 Å². The van der Waals surface area contributed by atoms with E-state index in [2.05, 4.69) is 24.1 Å². The Labute approximate surface area is 139 Å². The first-order chi connectivity index (χ1) is 11.1. The monoisotopic (exact) mass is 319 g/mol. The Bertz CT molecular complexity index is 494. The van der Waals surface area contributed by atoms with Gasteiger partial charge in [-0.1, -0.05) is 13.8 Å². The van der Waals surface area contributed by atoms with E-state index < -0.39 is 0 Å². The molecule has 2 fully saturated rings. The third-order valence-electron chi connectivity index (χ3n) is 5.36. The van der Waals surface area contributed by atoms with Crippen LogP contribution >= 0.6 is 0 Å². The number of furan rings is 1. The second-order valence-corrected chi connectivity index (χ2v) is 7.29. The molecule has 1 aromatic rings. The van der Waals surface area contributed by atoms with Crippen molar-refractivity contribution in [2.75, 3.05) is 26.2 Å². The van der Waals surface area contributed by atoms with Crippen molar-refractivity contribution in [1.29, 1.82) is 0 Å². The summed E-state index contributed by atoms with van der Waals surface area (Å²) in [4.78, 5) is 16.8. The molecular formula is C18H29N3O2. The number of nitrogens with one attached hydrogen (secondary N) is 1. The molecule has 0 spiro atoms. The molecule has 3 rings (SSSR count). The highest BCUT2D eigenvalue weighted by Crippen LogP contribution is 2.28. The molecule has 0 aromatic carbocycles. The molecule has 1 saturated carbocycles. The van der Waals surface area contributed by atoms with Crippen molar-refractivity contribution in [2.45, 2.75) is 45.7 Å². The van der Waals surface area contributed by atoms with Gasteiger partial charge in [0.15, 0.2) is 0 Å². The van der Waals surface area contributed by atoms with Gasteiger partial charge in [-0.05, 0) is 43.2 Å². The Kier molecular flexibility index (Phi) is 5.26. The fourth-order valence-electron chi connectivity index (χ4n) is 3.86. The average molecular weight is 319 g/mol. The summed E-state index contributed by atoms with van der Waals surface area (Å²) in [5.41, 5.74) is 0. The lowest BCUT2D eigenvalue weighted by Gasteiger charge is -2.37. The topological polar surface area (TPSA) is 48.7 Å². The van der Waals surface area contributed by atoms with E-state index in [9.17, 15) is 4.79 Å². The molecule has 2 aliphatic rings. The Morgan fingerprint density at radius 3 is 2.70 bits per heavy atom. The van der Waals surface area contributed by atoms with Crippen LogP contribution in [0.25, 0.3) is 0 Å². The number of carbonyl (C=O) groups is 1. The number of nitrogens with zero attached hydrogens (tertiary/aromatic N) is 2. The van der Waals surface area contributed by atoms with Crippen LogP contribution < -0.4 is 5.32 Å². The molecule has 5 nitrogen and oxygen atoms in total. The fourth-order valence-corrected chi connectivity index (χ4v) is 3.86. The van der Waals surface area contributed by atoms with E-state index in [-0.39, 0.29) is 6.03 Å². The standard InChI is InChI=1S/C18H29N3O2/c1-14-5-6-17(15(2)12-14)19-18(22)21-9-7-20(8-10-21)13-16-4-3-11-23-16/h3-4,11,14-15,17H,5-10,12-13H2,1-2H3,(H,19,22). The van der Waals surface area contributed by atoms with E-state index in [4.69, 9.17) is 4.42 Å². The van der Waals surface area contributed by atoms with Crippen LogP contribution in [0.1, 0.15) is 38.9 Å². The van der Waals surface area contributed by atoms with Crippen molar-refractivity contribution < 1.29 is 9.21 Å². The van der Waals surface area contributed by atoms with E-state index in [1.807, 2.05) is 17.0 Å². The maximum Gasteiger partial charge on any atom is 0.317 e. The molecular weight excluding hydrogens is 290 g/mol. The smallest absolute Gasteiger partial charge is 0.317 e. The Morgan fingerprint density at radius 1 is 1.26 bits per heavy atom. The van der Waals surface area contributed by atoms with Crippen molar-refractivity contribution in [3.63, 3.8) is 0 Å². The summed E-state index contributed by atoms with van der Waals surface area (Å²) in [6.07, 6.45) is 5.28. The van der Waals surface area contributed by atoms with Gasteiger partial charge in [0.1, 0.15) is 5.76 Å². The van der Waals surface area contributed by atoms with Crippen molar-refractivity contribution in [3.05, 3.63) is 24.2 Å². The summed E-state index contributed by atoms with van der Waals surface area (Å²) in [6.45, 7) is 8.82. The summed E-state index contributed by atoms with van der Waals surface area (Å²) in [5.74, 6) is 2.37. The fraction of sp³-hybridized carbons (Fsp3) is 0.722.